The van der Waals surface area contributed by atoms with Gasteiger partial charge in [0.05, 0.1) is 26.0 Å². The number of carbonyl (C=O) groups is 1. The molecule has 0 radical (unpaired) electrons. The van der Waals surface area contributed by atoms with E-state index in [1.807, 2.05) is 36.4 Å². The third-order valence-electron chi connectivity index (χ3n) is 8.68. The number of rotatable bonds is 10. The van der Waals surface area contributed by atoms with Crippen LogP contribution >= 0.6 is 0 Å². The smallest absolute Gasteiger partial charge is 0.422 e. The molecule has 2 aliphatic heterocycles. The van der Waals surface area contributed by atoms with Gasteiger partial charge >= 0.3 is 12.2 Å². The van der Waals surface area contributed by atoms with Crippen LogP contribution in [0.1, 0.15) is 33.1 Å². The molecule has 2 aromatic carbocycles. The Labute approximate surface area is 276 Å². The molecule has 1 amide bonds. The van der Waals surface area contributed by atoms with Gasteiger partial charge in [-0.1, -0.05) is 60.7 Å². The van der Waals surface area contributed by atoms with Gasteiger partial charge < -0.3 is 19.1 Å². The molecule has 252 valence electrons. The third kappa shape index (κ3) is 7.50. The number of hydrogen-bond acceptors (Lipinski definition) is 10. The molecule has 11 nitrogen and oxygen atoms in total. The van der Waals surface area contributed by atoms with Crippen LogP contribution in [0.2, 0.25) is 0 Å². The fourth-order valence-electron chi connectivity index (χ4n) is 6.66. The van der Waals surface area contributed by atoms with Crippen molar-refractivity contribution in [2.45, 2.75) is 30.7 Å². The number of fused-ring (bicyclic) bond motifs is 1. The van der Waals surface area contributed by atoms with E-state index in [0.717, 1.165) is 11.1 Å². The summed E-state index contributed by atoms with van der Waals surface area (Å²) in [6.07, 6.45) is -0.104. The van der Waals surface area contributed by atoms with E-state index < -0.39 is 12.8 Å². The summed E-state index contributed by atoms with van der Waals surface area (Å²) in [6, 6.07) is 20.1. The number of halogens is 3. The quantitative estimate of drug-likeness (QED) is 0.247. The molecule has 48 heavy (non-hydrogen) atoms. The molecule has 2 aliphatic rings. The van der Waals surface area contributed by atoms with E-state index >= 15 is 0 Å². The molecular formula is C34H36F3N7O4. The van der Waals surface area contributed by atoms with Gasteiger partial charge in [-0.25, -0.2) is 4.98 Å². The molecule has 0 aliphatic carbocycles. The van der Waals surface area contributed by atoms with Crippen molar-refractivity contribution in [3.63, 3.8) is 0 Å². The van der Waals surface area contributed by atoms with E-state index in [2.05, 4.69) is 54.0 Å². The predicted octanol–water partition coefficient (Wildman–Crippen LogP) is 4.07. The maximum absolute atomic E-state index is 13.5. The van der Waals surface area contributed by atoms with E-state index in [1.165, 1.54) is 32.8 Å². The van der Waals surface area contributed by atoms with Crippen molar-refractivity contribution < 1.29 is 32.2 Å². The number of piperazine rings is 2. The van der Waals surface area contributed by atoms with Crippen LogP contribution < -0.4 is 14.2 Å². The fraction of sp³-hybridized carbons (Fsp3) is 0.382. The molecule has 0 bridgehead atoms. The van der Waals surface area contributed by atoms with Crippen molar-refractivity contribution in [2.24, 2.45) is 0 Å². The van der Waals surface area contributed by atoms with E-state index in [-0.39, 0.29) is 59.5 Å². The van der Waals surface area contributed by atoms with Gasteiger partial charge in [0, 0.05) is 69.7 Å². The van der Waals surface area contributed by atoms with Crippen molar-refractivity contribution in [3.05, 3.63) is 102 Å². The van der Waals surface area contributed by atoms with Crippen molar-refractivity contribution in [1.29, 1.82) is 0 Å². The van der Waals surface area contributed by atoms with Crippen LogP contribution in [0.4, 0.5) is 13.2 Å². The van der Waals surface area contributed by atoms with Gasteiger partial charge in [0.1, 0.15) is 5.69 Å². The predicted molar refractivity (Wildman–Crippen MR) is 169 cm³/mol. The summed E-state index contributed by atoms with van der Waals surface area (Å²) >= 11 is 0. The molecule has 0 spiro atoms. The third-order valence-corrected chi connectivity index (χ3v) is 8.68. The average Bonchev–Trinajstić information content (AvgIpc) is 3.11. The van der Waals surface area contributed by atoms with Crippen LogP contribution in [0.25, 0.3) is 0 Å². The van der Waals surface area contributed by atoms with E-state index in [1.54, 1.807) is 4.90 Å². The minimum atomic E-state index is -4.58. The summed E-state index contributed by atoms with van der Waals surface area (Å²) in [5, 5.41) is 0. The highest BCUT2D eigenvalue weighted by molar-refractivity contribution is 5.92. The molecular weight excluding hydrogens is 627 g/mol. The number of methoxy groups -OCH3 is 2. The minimum absolute atomic E-state index is 0.0464. The molecule has 0 saturated carbocycles. The number of alkyl halides is 3. The zero-order valence-electron chi connectivity index (χ0n) is 26.6. The maximum Gasteiger partial charge on any atom is 0.422 e. The fourth-order valence-corrected chi connectivity index (χ4v) is 6.66. The van der Waals surface area contributed by atoms with Gasteiger partial charge in [-0.05, 0) is 11.1 Å². The van der Waals surface area contributed by atoms with Gasteiger partial charge in [0.2, 0.25) is 11.8 Å². The zero-order chi connectivity index (χ0) is 33.7. The van der Waals surface area contributed by atoms with Gasteiger partial charge in [0.25, 0.3) is 5.91 Å². The summed E-state index contributed by atoms with van der Waals surface area (Å²) in [5.41, 5.74) is 2.81. The molecule has 2 aromatic heterocycles. The van der Waals surface area contributed by atoms with Crippen LogP contribution in [0.5, 0.6) is 17.8 Å². The molecule has 2 fully saturated rings. The van der Waals surface area contributed by atoms with Crippen molar-refractivity contribution in [3.8, 4) is 17.8 Å². The minimum Gasteiger partial charge on any atom is -0.481 e. The summed E-state index contributed by atoms with van der Waals surface area (Å²) in [6.45, 7) is 1.21. The normalized spacial score (nSPS) is 18.8. The monoisotopic (exact) mass is 663 g/mol. The van der Waals surface area contributed by atoms with Crippen LogP contribution in [0.3, 0.4) is 0 Å². The molecule has 4 aromatic rings. The van der Waals surface area contributed by atoms with Crippen LogP contribution in [-0.2, 0) is 6.54 Å². The molecule has 2 saturated heterocycles. The topological polar surface area (TPSA) is 106 Å². The first kappa shape index (κ1) is 33.1. The number of ether oxygens (including phenoxy) is 3. The number of benzene rings is 2. The lowest BCUT2D eigenvalue weighted by Gasteiger charge is -2.53. The second-order valence-electron chi connectivity index (χ2n) is 11.7. The molecule has 6 rings (SSSR count). The average molecular weight is 664 g/mol. The molecule has 0 N–H and O–H groups in total. The Bertz CT molecular complexity index is 1630. The van der Waals surface area contributed by atoms with Crippen LogP contribution in [0.15, 0.2) is 79.3 Å². The Morgan fingerprint density at radius 2 is 1.58 bits per heavy atom. The first-order valence-corrected chi connectivity index (χ1v) is 15.6. The Morgan fingerprint density at radius 1 is 0.896 bits per heavy atom. The van der Waals surface area contributed by atoms with Crippen LogP contribution in [0, 0.1) is 0 Å². The largest absolute Gasteiger partial charge is 0.481 e. The van der Waals surface area contributed by atoms with Crippen LogP contribution in [-0.4, -0.2) is 112 Å². The Morgan fingerprint density at radius 3 is 2.19 bits per heavy atom. The Kier molecular flexibility index (Phi) is 10.0. The number of hydrogen-bond donors (Lipinski definition) is 0. The van der Waals surface area contributed by atoms with E-state index in [4.69, 9.17) is 14.2 Å². The summed E-state index contributed by atoms with van der Waals surface area (Å²) in [7, 11) is 2.70. The summed E-state index contributed by atoms with van der Waals surface area (Å²) in [4.78, 5) is 36.6. The zero-order valence-corrected chi connectivity index (χ0v) is 26.6. The van der Waals surface area contributed by atoms with Gasteiger partial charge in [0.15, 0.2) is 6.61 Å². The van der Waals surface area contributed by atoms with E-state index in [9.17, 15) is 18.0 Å². The lowest BCUT2D eigenvalue weighted by Crippen LogP contribution is -2.67. The lowest BCUT2D eigenvalue weighted by atomic mass is 9.81. The number of carbonyl (C=O) groups excluding carboxylic acids is 1. The second kappa shape index (κ2) is 14.5. The maximum atomic E-state index is 13.5. The second-order valence-corrected chi connectivity index (χ2v) is 11.7. The highest BCUT2D eigenvalue weighted by Crippen LogP contribution is 2.38. The highest BCUT2D eigenvalue weighted by Gasteiger charge is 2.44. The summed E-state index contributed by atoms with van der Waals surface area (Å²) < 4.78 is 55.7. The Balaban J connectivity index is 1.38. The first-order chi connectivity index (χ1) is 23.2. The highest BCUT2D eigenvalue weighted by atomic mass is 19.4. The molecule has 14 heteroatoms. The standard InChI is InChI=1S/C34H36F3N7O4/c1-46-30-26(31(41-33(40-30)47-2)48-22-34(35,36)37)20-42-18-25-19-43(32(45)27-17-38-13-14-39-27)15-16-44(25)28(21-42)29(23-9-5-3-6-10-23)24-11-7-4-8-12-24/h3-14,17,25,28-29H,15-16,18-22H2,1-2H3. The van der Waals surface area contributed by atoms with Crippen molar-refractivity contribution >= 4 is 5.91 Å². The molecule has 2 atom stereocenters. The Hall–Kier alpha value is -4.82. The molecule has 4 heterocycles. The SMILES string of the molecule is COc1nc(OC)c(CN2CC3CN(C(=O)c4cnccn4)CCN3C(C(c3ccccc3)c3ccccc3)C2)c(OCC(F)(F)F)n1. The van der Waals surface area contributed by atoms with E-state index in [0.29, 0.717) is 32.7 Å². The van der Waals surface area contributed by atoms with Crippen molar-refractivity contribution in [2.75, 3.05) is 53.6 Å². The van der Waals surface area contributed by atoms with Crippen molar-refractivity contribution in [1.82, 2.24) is 34.6 Å². The first-order valence-electron chi connectivity index (χ1n) is 15.6. The van der Waals surface area contributed by atoms with Gasteiger partial charge in [-0.2, -0.15) is 23.1 Å². The lowest BCUT2D eigenvalue weighted by molar-refractivity contribution is -0.154. The molecule has 2 unspecified atom stereocenters. The summed E-state index contributed by atoms with van der Waals surface area (Å²) in [5.74, 6) is -0.452. The van der Waals surface area contributed by atoms with Gasteiger partial charge in [-0.15, -0.1) is 0 Å². The van der Waals surface area contributed by atoms with Gasteiger partial charge in [-0.3, -0.25) is 19.6 Å². The number of aromatic nitrogens is 4. The number of nitrogens with zero attached hydrogens (tertiary/aromatic N) is 7. The number of amides is 1.